The van der Waals surface area contributed by atoms with Gasteiger partial charge in [0, 0.05) is 11.8 Å². The van der Waals surface area contributed by atoms with Gasteiger partial charge in [-0.25, -0.2) is 0 Å². The molecule has 4 nitrogen and oxygen atoms in total. The summed E-state index contributed by atoms with van der Waals surface area (Å²) in [6, 6.07) is 6.25. The molecule has 1 aromatic carbocycles. The van der Waals surface area contributed by atoms with Crippen molar-refractivity contribution in [1.82, 2.24) is 0 Å². The monoisotopic (exact) mass is 181 g/mol. The molecule has 0 bridgehead atoms. The van der Waals surface area contributed by atoms with Crippen LogP contribution in [0.2, 0.25) is 0 Å². The maximum atomic E-state index is 11.0. The van der Waals surface area contributed by atoms with Gasteiger partial charge >= 0.3 is 0 Å². The van der Waals surface area contributed by atoms with E-state index in [4.69, 9.17) is 10.2 Å². The largest absolute Gasteiger partial charge is 0.508 e. The Morgan fingerprint density at radius 3 is 2.85 bits per heavy atom. The molecular weight excluding hydrogens is 170 g/mol. The van der Waals surface area contributed by atoms with E-state index in [0.29, 0.717) is 5.69 Å². The summed E-state index contributed by atoms with van der Waals surface area (Å²) >= 11 is 0. The maximum Gasteiger partial charge on any atom is 0.226 e. The average Bonchev–Trinajstić information content (AvgIpc) is 2.04. The predicted molar refractivity (Wildman–Crippen MR) is 48.4 cm³/mol. The molecule has 70 valence electrons. The van der Waals surface area contributed by atoms with Crippen molar-refractivity contribution in [1.29, 1.82) is 0 Å². The van der Waals surface area contributed by atoms with Gasteiger partial charge in [0.25, 0.3) is 0 Å². The summed E-state index contributed by atoms with van der Waals surface area (Å²) in [6.07, 6.45) is 0.0651. The van der Waals surface area contributed by atoms with Crippen LogP contribution in [0.5, 0.6) is 5.75 Å². The van der Waals surface area contributed by atoms with Gasteiger partial charge in [-0.1, -0.05) is 6.07 Å². The van der Waals surface area contributed by atoms with Crippen LogP contribution in [0.25, 0.3) is 0 Å². The summed E-state index contributed by atoms with van der Waals surface area (Å²) < 4.78 is 0. The van der Waals surface area contributed by atoms with Crippen molar-refractivity contribution in [2.75, 3.05) is 11.9 Å². The van der Waals surface area contributed by atoms with Crippen LogP contribution < -0.4 is 5.32 Å². The Balaban J connectivity index is 2.58. The highest BCUT2D eigenvalue weighted by Crippen LogP contribution is 2.15. The summed E-state index contributed by atoms with van der Waals surface area (Å²) in [5.74, 6) is -0.171. The van der Waals surface area contributed by atoms with Gasteiger partial charge < -0.3 is 15.5 Å². The van der Waals surface area contributed by atoms with Gasteiger partial charge in [-0.3, -0.25) is 4.79 Å². The van der Waals surface area contributed by atoms with Gasteiger partial charge in [0.2, 0.25) is 5.91 Å². The van der Waals surface area contributed by atoms with Crippen LogP contribution in [0.1, 0.15) is 6.42 Å². The summed E-state index contributed by atoms with van der Waals surface area (Å²) in [6.45, 7) is -0.176. The number of rotatable bonds is 3. The number of benzene rings is 1. The van der Waals surface area contributed by atoms with Crippen molar-refractivity contribution in [3.63, 3.8) is 0 Å². The number of hydrogen-bond donors (Lipinski definition) is 3. The van der Waals surface area contributed by atoms with Crippen molar-refractivity contribution in [2.24, 2.45) is 0 Å². The molecular formula is C9H11NO3. The zero-order valence-corrected chi connectivity index (χ0v) is 7.03. The summed E-state index contributed by atoms with van der Waals surface area (Å²) in [7, 11) is 0. The first kappa shape index (κ1) is 9.54. The minimum atomic E-state index is -0.270. The molecule has 0 aliphatic carbocycles. The molecule has 0 aliphatic rings. The lowest BCUT2D eigenvalue weighted by atomic mass is 10.3. The molecule has 0 radical (unpaired) electrons. The minimum Gasteiger partial charge on any atom is -0.508 e. The van der Waals surface area contributed by atoms with Crippen LogP contribution in [0.4, 0.5) is 5.69 Å². The lowest BCUT2D eigenvalue weighted by Crippen LogP contribution is -2.12. The molecule has 3 N–H and O–H groups in total. The van der Waals surface area contributed by atoms with E-state index >= 15 is 0 Å². The Morgan fingerprint density at radius 2 is 2.23 bits per heavy atom. The number of hydrogen-bond acceptors (Lipinski definition) is 3. The highest BCUT2D eigenvalue weighted by atomic mass is 16.3. The van der Waals surface area contributed by atoms with E-state index < -0.39 is 0 Å². The van der Waals surface area contributed by atoms with Crippen LogP contribution in [-0.4, -0.2) is 22.7 Å². The predicted octanol–water partition coefficient (Wildman–Crippen LogP) is 0.713. The second kappa shape index (κ2) is 4.47. The fourth-order valence-corrected chi connectivity index (χ4v) is 0.909. The fourth-order valence-electron chi connectivity index (χ4n) is 0.909. The second-order valence-electron chi connectivity index (χ2n) is 2.57. The van der Waals surface area contributed by atoms with Gasteiger partial charge in [0.1, 0.15) is 5.75 Å². The van der Waals surface area contributed by atoms with Gasteiger partial charge in [0.05, 0.1) is 13.0 Å². The number of carbonyl (C=O) groups is 1. The molecule has 0 spiro atoms. The van der Waals surface area contributed by atoms with E-state index in [-0.39, 0.29) is 24.7 Å². The topological polar surface area (TPSA) is 69.6 Å². The van der Waals surface area contributed by atoms with E-state index in [1.165, 1.54) is 12.1 Å². The maximum absolute atomic E-state index is 11.0. The molecule has 1 amide bonds. The zero-order chi connectivity index (χ0) is 9.68. The smallest absolute Gasteiger partial charge is 0.226 e. The van der Waals surface area contributed by atoms with Crippen molar-refractivity contribution in [2.45, 2.75) is 6.42 Å². The first-order chi connectivity index (χ1) is 6.22. The Kier molecular flexibility index (Phi) is 3.28. The van der Waals surface area contributed by atoms with E-state index in [0.717, 1.165) is 0 Å². The Labute approximate surface area is 75.8 Å². The van der Waals surface area contributed by atoms with Gasteiger partial charge in [-0.2, -0.15) is 0 Å². The van der Waals surface area contributed by atoms with Crippen molar-refractivity contribution in [3.05, 3.63) is 24.3 Å². The first-order valence-electron chi connectivity index (χ1n) is 3.92. The molecule has 0 fully saturated rings. The van der Waals surface area contributed by atoms with Crippen LogP contribution in [0.15, 0.2) is 24.3 Å². The molecule has 0 saturated carbocycles. The molecule has 0 aliphatic heterocycles. The van der Waals surface area contributed by atoms with Crippen LogP contribution in [-0.2, 0) is 4.79 Å². The normalized spacial score (nSPS) is 9.62. The molecule has 0 aromatic heterocycles. The quantitative estimate of drug-likeness (QED) is 0.643. The van der Waals surface area contributed by atoms with E-state index in [9.17, 15) is 4.79 Å². The van der Waals surface area contributed by atoms with Gasteiger partial charge in [-0.05, 0) is 12.1 Å². The van der Waals surface area contributed by atoms with Crippen LogP contribution >= 0.6 is 0 Å². The summed E-state index contributed by atoms with van der Waals surface area (Å²) in [5.41, 5.74) is 0.526. The van der Waals surface area contributed by atoms with Crippen LogP contribution in [0.3, 0.4) is 0 Å². The third-order valence-electron chi connectivity index (χ3n) is 1.47. The van der Waals surface area contributed by atoms with E-state index in [1.54, 1.807) is 12.1 Å². The molecule has 0 saturated heterocycles. The van der Waals surface area contributed by atoms with Crippen molar-refractivity contribution >= 4 is 11.6 Å². The fraction of sp³-hybridized carbons (Fsp3) is 0.222. The molecule has 4 heteroatoms. The third-order valence-corrected chi connectivity index (χ3v) is 1.47. The minimum absolute atomic E-state index is 0.0651. The molecule has 0 unspecified atom stereocenters. The van der Waals surface area contributed by atoms with Crippen molar-refractivity contribution < 1.29 is 15.0 Å². The zero-order valence-electron chi connectivity index (χ0n) is 7.03. The Morgan fingerprint density at radius 1 is 1.46 bits per heavy atom. The van der Waals surface area contributed by atoms with Gasteiger partial charge in [-0.15, -0.1) is 0 Å². The Hall–Kier alpha value is -1.55. The lowest BCUT2D eigenvalue weighted by molar-refractivity contribution is -0.116. The third kappa shape index (κ3) is 3.13. The number of phenols is 1. The number of aromatic hydroxyl groups is 1. The van der Waals surface area contributed by atoms with Gasteiger partial charge in [0.15, 0.2) is 0 Å². The number of carbonyl (C=O) groups excluding carboxylic acids is 1. The molecule has 13 heavy (non-hydrogen) atoms. The van der Waals surface area contributed by atoms with E-state index in [2.05, 4.69) is 5.32 Å². The summed E-state index contributed by atoms with van der Waals surface area (Å²) in [5, 5.41) is 20.0. The SMILES string of the molecule is O=C(CCO)Nc1cccc(O)c1. The van der Waals surface area contributed by atoms with Crippen molar-refractivity contribution in [3.8, 4) is 5.75 Å². The number of aliphatic hydroxyl groups excluding tert-OH is 1. The molecule has 1 aromatic rings. The molecule has 0 atom stereocenters. The molecule has 0 heterocycles. The first-order valence-corrected chi connectivity index (χ1v) is 3.92. The van der Waals surface area contributed by atoms with Crippen LogP contribution in [0, 0.1) is 0 Å². The number of anilines is 1. The summed E-state index contributed by atoms with van der Waals surface area (Å²) in [4.78, 5) is 11.0. The highest BCUT2D eigenvalue weighted by Gasteiger charge is 2.00. The highest BCUT2D eigenvalue weighted by molar-refractivity contribution is 5.90. The lowest BCUT2D eigenvalue weighted by Gasteiger charge is -2.03. The number of nitrogens with one attached hydrogen (secondary N) is 1. The number of amides is 1. The Bertz CT molecular complexity index is 299. The second-order valence-corrected chi connectivity index (χ2v) is 2.57. The van der Waals surface area contributed by atoms with E-state index in [1.807, 2.05) is 0 Å². The number of aliphatic hydroxyl groups is 1. The molecule has 1 rings (SSSR count). The average molecular weight is 181 g/mol. The standard InChI is InChI=1S/C9H11NO3/c11-5-4-9(13)10-7-2-1-3-8(12)6-7/h1-3,6,11-12H,4-5H2,(H,10,13). The number of phenolic OH excluding ortho intramolecular Hbond substituents is 1.